The molecule has 3 heterocycles. The molecule has 4 rings (SSSR count). The molecule has 0 amide bonds. The second-order valence-corrected chi connectivity index (χ2v) is 7.76. The number of hydrogen-bond donors (Lipinski definition) is 1. The van der Waals surface area contributed by atoms with Crippen molar-refractivity contribution in [2.24, 2.45) is 0 Å². The first kappa shape index (κ1) is 22.7. The molecule has 3 aromatic rings. The van der Waals surface area contributed by atoms with Crippen LogP contribution < -0.4 is 10.5 Å². The van der Waals surface area contributed by atoms with Crippen LogP contribution in [0.1, 0.15) is 28.2 Å². The standard InChI is InChI=1S/C22H22F3N5O3/c1-33-21(32)14-3-5-16-17(11-14)27-18(28-20(16)31)13-29-7-2-8-30(10-9-29)19-6-4-15(12-26-19)22(23,24)25/h3-6,11-12H,2,7-10,13H2,1H3,(H,27,28,31). The maximum Gasteiger partial charge on any atom is 0.417 e. The van der Waals surface area contributed by atoms with Crippen LogP contribution in [0.25, 0.3) is 10.9 Å². The maximum absolute atomic E-state index is 12.8. The number of aromatic nitrogens is 3. The Bertz CT molecular complexity index is 1210. The van der Waals surface area contributed by atoms with Crippen LogP contribution in [0.4, 0.5) is 19.0 Å². The smallest absolute Gasteiger partial charge is 0.417 e. The Balaban J connectivity index is 1.46. The molecular weight excluding hydrogens is 439 g/mol. The van der Waals surface area contributed by atoms with E-state index in [9.17, 15) is 22.8 Å². The van der Waals surface area contributed by atoms with Gasteiger partial charge >= 0.3 is 12.1 Å². The minimum Gasteiger partial charge on any atom is -0.465 e. The Morgan fingerprint density at radius 1 is 1.15 bits per heavy atom. The number of ether oxygens (including phenoxy) is 1. The SMILES string of the molecule is COC(=O)c1ccc2c(=O)[nH]c(CN3CCCN(c4ccc(C(F)(F)F)cn4)CC3)nc2c1. The zero-order valence-electron chi connectivity index (χ0n) is 17.9. The topological polar surface area (TPSA) is 91.4 Å². The minimum atomic E-state index is -4.41. The average Bonchev–Trinajstić information content (AvgIpc) is 3.03. The van der Waals surface area contributed by atoms with E-state index in [1.807, 2.05) is 4.90 Å². The molecule has 2 aromatic heterocycles. The van der Waals surface area contributed by atoms with E-state index in [0.29, 0.717) is 54.3 Å². The molecule has 0 saturated carbocycles. The molecule has 0 radical (unpaired) electrons. The third-order valence-electron chi connectivity index (χ3n) is 5.54. The maximum atomic E-state index is 12.8. The highest BCUT2D eigenvalue weighted by molar-refractivity contribution is 5.93. The number of benzene rings is 1. The fourth-order valence-corrected chi connectivity index (χ4v) is 3.82. The lowest BCUT2D eigenvalue weighted by atomic mass is 10.1. The Kier molecular flexibility index (Phi) is 6.32. The van der Waals surface area contributed by atoms with Gasteiger partial charge in [0.05, 0.1) is 35.7 Å². The van der Waals surface area contributed by atoms with Crippen molar-refractivity contribution in [2.45, 2.75) is 19.1 Å². The zero-order chi connectivity index (χ0) is 23.6. The fourth-order valence-electron chi connectivity index (χ4n) is 3.82. The summed E-state index contributed by atoms with van der Waals surface area (Å²) < 4.78 is 43.1. The van der Waals surface area contributed by atoms with Gasteiger partial charge in [0.1, 0.15) is 11.6 Å². The molecule has 1 aromatic carbocycles. The van der Waals surface area contributed by atoms with Gasteiger partial charge in [-0.3, -0.25) is 9.69 Å². The van der Waals surface area contributed by atoms with E-state index in [2.05, 4.69) is 19.9 Å². The Hall–Kier alpha value is -3.47. The summed E-state index contributed by atoms with van der Waals surface area (Å²) in [5.74, 6) is 0.457. The fraction of sp³-hybridized carbons (Fsp3) is 0.364. The molecule has 1 aliphatic heterocycles. The van der Waals surface area contributed by atoms with Crippen LogP contribution in [-0.2, 0) is 17.5 Å². The van der Waals surface area contributed by atoms with Crippen LogP contribution in [0.5, 0.6) is 0 Å². The largest absolute Gasteiger partial charge is 0.465 e. The van der Waals surface area contributed by atoms with Gasteiger partial charge in [0.25, 0.3) is 5.56 Å². The summed E-state index contributed by atoms with van der Waals surface area (Å²) in [6.07, 6.45) is -2.79. The molecular formula is C22H22F3N5O3. The van der Waals surface area contributed by atoms with Gasteiger partial charge in [0.2, 0.25) is 0 Å². The molecule has 11 heteroatoms. The molecule has 0 spiro atoms. The number of methoxy groups -OCH3 is 1. The van der Waals surface area contributed by atoms with E-state index >= 15 is 0 Å². The number of aromatic amines is 1. The summed E-state index contributed by atoms with van der Waals surface area (Å²) in [7, 11) is 1.28. The highest BCUT2D eigenvalue weighted by Gasteiger charge is 2.31. The number of anilines is 1. The van der Waals surface area contributed by atoms with Crippen molar-refractivity contribution < 1.29 is 22.7 Å². The Morgan fingerprint density at radius 3 is 2.67 bits per heavy atom. The Labute approximate surface area is 187 Å². The van der Waals surface area contributed by atoms with Crippen molar-refractivity contribution in [1.82, 2.24) is 19.9 Å². The number of nitrogens with zero attached hydrogens (tertiary/aromatic N) is 4. The van der Waals surface area contributed by atoms with E-state index in [1.165, 1.54) is 31.4 Å². The number of halogens is 3. The summed E-state index contributed by atoms with van der Waals surface area (Å²) in [6.45, 7) is 2.96. The van der Waals surface area contributed by atoms with Gasteiger partial charge in [-0.1, -0.05) is 0 Å². The van der Waals surface area contributed by atoms with Crippen LogP contribution in [0.3, 0.4) is 0 Å². The number of nitrogens with one attached hydrogen (secondary N) is 1. The number of rotatable bonds is 4. The van der Waals surface area contributed by atoms with Crippen LogP contribution in [-0.4, -0.2) is 59.1 Å². The number of carbonyl (C=O) groups is 1. The third kappa shape index (κ3) is 5.14. The van der Waals surface area contributed by atoms with Crippen molar-refractivity contribution in [3.05, 3.63) is 63.8 Å². The van der Waals surface area contributed by atoms with Crippen LogP contribution in [0.2, 0.25) is 0 Å². The van der Waals surface area contributed by atoms with Gasteiger partial charge < -0.3 is 14.6 Å². The molecule has 8 nitrogen and oxygen atoms in total. The molecule has 0 bridgehead atoms. The monoisotopic (exact) mass is 461 g/mol. The predicted molar refractivity (Wildman–Crippen MR) is 115 cm³/mol. The summed E-state index contributed by atoms with van der Waals surface area (Å²) in [4.78, 5) is 39.6. The van der Waals surface area contributed by atoms with Crippen LogP contribution in [0.15, 0.2) is 41.3 Å². The molecule has 174 valence electrons. The molecule has 1 aliphatic rings. The van der Waals surface area contributed by atoms with Crippen molar-refractivity contribution in [3.8, 4) is 0 Å². The Morgan fingerprint density at radius 2 is 1.97 bits per heavy atom. The first-order chi connectivity index (χ1) is 15.7. The molecule has 1 N–H and O–H groups in total. The van der Waals surface area contributed by atoms with E-state index in [-0.39, 0.29) is 5.56 Å². The number of esters is 1. The number of pyridine rings is 1. The zero-order valence-corrected chi connectivity index (χ0v) is 17.9. The van der Waals surface area contributed by atoms with Gasteiger partial charge in [-0.05, 0) is 36.8 Å². The lowest BCUT2D eigenvalue weighted by Gasteiger charge is -2.23. The lowest BCUT2D eigenvalue weighted by Crippen LogP contribution is -2.32. The minimum absolute atomic E-state index is 0.295. The summed E-state index contributed by atoms with van der Waals surface area (Å²) in [5.41, 5.74) is -0.355. The quantitative estimate of drug-likeness (QED) is 0.598. The van der Waals surface area contributed by atoms with E-state index in [4.69, 9.17) is 4.74 Å². The summed E-state index contributed by atoms with van der Waals surface area (Å²) >= 11 is 0. The van der Waals surface area contributed by atoms with Crippen molar-refractivity contribution >= 4 is 22.7 Å². The first-order valence-corrected chi connectivity index (χ1v) is 10.4. The third-order valence-corrected chi connectivity index (χ3v) is 5.54. The molecule has 1 fully saturated rings. The van der Waals surface area contributed by atoms with Gasteiger partial charge in [-0.15, -0.1) is 0 Å². The van der Waals surface area contributed by atoms with E-state index < -0.39 is 17.7 Å². The highest BCUT2D eigenvalue weighted by atomic mass is 19.4. The molecule has 1 saturated heterocycles. The van der Waals surface area contributed by atoms with Crippen molar-refractivity contribution in [2.75, 3.05) is 38.2 Å². The second kappa shape index (κ2) is 9.18. The normalized spacial score (nSPS) is 15.5. The number of hydrogen-bond acceptors (Lipinski definition) is 7. The number of carbonyl (C=O) groups excluding carboxylic acids is 1. The summed E-state index contributed by atoms with van der Waals surface area (Å²) in [6, 6.07) is 7.01. The summed E-state index contributed by atoms with van der Waals surface area (Å²) in [5, 5.41) is 0.377. The van der Waals surface area contributed by atoms with E-state index in [1.54, 1.807) is 0 Å². The highest BCUT2D eigenvalue weighted by Crippen LogP contribution is 2.29. The van der Waals surface area contributed by atoms with Crippen molar-refractivity contribution in [3.63, 3.8) is 0 Å². The van der Waals surface area contributed by atoms with E-state index in [0.717, 1.165) is 25.2 Å². The predicted octanol–water partition coefficient (Wildman–Crippen LogP) is 2.84. The lowest BCUT2D eigenvalue weighted by molar-refractivity contribution is -0.137. The van der Waals surface area contributed by atoms with Crippen molar-refractivity contribution in [1.29, 1.82) is 0 Å². The van der Waals surface area contributed by atoms with Gasteiger partial charge in [-0.25, -0.2) is 14.8 Å². The van der Waals surface area contributed by atoms with Crippen LogP contribution >= 0.6 is 0 Å². The molecule has 0 unspecified atom stereocenters. The molecule has 0 aliphatic carbocycles. The average molecular weight is 461 g/mol. The van der Waals surface area contributed by atoms with Crippen LogP contribution in [0, 0.1) is 0 Å². The number of H-pyrrole nitrogens is 1. The van der Waals surface area contributed by atoms with Gasteiger partial charge in [-0.2, -0.15) is 13.2 Å². The molecule has 0 atom stereocenters. The number of fused-ring (bicyclic) bond motifs is 1. The number of alkyl halides is 3. The van der Waals surface area contributed by atoms with Gasteiger partial charge in [0.15, 0.2) is 0 Å². The first-order valence-electron chi connectivity index (χ1n) is 10.4. The second-order valence-electron chi connectivity index (χ2n) is 7.76. The molecule has 33 heavy (non-hydrogen) atoms. The van der Waals surface area contributed by atoms with Gasteiger partial charge in [0, 0.05) is 32.4 Å².